The van der Waals surface area contributed by atoms with Gasteiger partial charge in [-0.1, -0.05) is 44.2 Å². The second kappa shape index (κ2) is 5.01. The number of hydrogen-bond donors (Lipinski definition) is 0. The van der Waals surface area contributed by atoms with E-state index in [1.807, 2.05) is 12.1 Å². The lowest BCUT2D eigenvalue weighted by Gasteiger charge is -2.16. The highest BCUT2D eigenvalue weighted by molar-refractivity contribution is 6.76. The summed E-state index contributed by atoms with van der Waals surface area (Å²) in [5.41, 5.74) is 0.947. The van der Waals surface area contributed by atoms with Gasteiger partial charge in [-0.15, -0.1) is 0 Å². The molecule has 1 aliphatic rings. The first-order valence-electron chi connectivity index (χ1n) is 6.97. The van der Waals surface area contributed by atoms with Crippen molar-refractivity contribution in [1.29, 1.82) is 5.26 Å². The second-order valence-electron chi connectivity index (χ2n) is 6.81. The largest absolute Gasteiger partial charge is 0.497 e. The summed E-state index contributed by atoms with van der Waals surface area (Å²) < 4.78 is 5.18. The van der Waals surface area contributed by atoms with Crippen LogP contribution in [0.1, 0.15) is 18.4 Å². The maximum atomic E-state index is 9.57. The number of nitriles is 1. The minimum absolute atomic E-state index is 0.216. The van der Waals surface area contributed by atoms with Crippen LogP contribution in [0.5, 0.6) is 5.75 Å². The van der Waals surface area contributed by atoms with E-state index in [2.05, 4.69) is 37.8 Å². The van der Waals surface area contributed by atoms with Gasteiger partial charge < -0.3 is 4.74 Å². The van der Waals surface area contributed by atoms with Crippen LogP contribution in [-0.4, -0.2) is 15.2 Å². The summed E-state index contributed by atoms with van der Waals surface area (Å²) in [6.07, 6.45) is 2.23. The lowest BCUT2D eigenvalue weighted by Crippen LogP contribution is -2.20. The van der Waals surface area contributed by atoms with E-state index < -0.39 is 8.07 Å². The molecule has 0 spiro atoms. The highest BCUT2D eigenvalue weighted by atomic mass is 28.3. The van der Waals surface area contributed by atoms with Gasteiger partial charge >= 0.3 is 0 Å². The lowest BCUT2D eigenvalue weighted by atomic mass is 9.94. The van der Waals surface area contributed by atoms with E-state index in [-0.39, 0.29) is 5.41 Å². The number of methoxy groups -OCH3 is 1. The van der Waals surface area contributed by atoms with E-state index >= 15 is 0 Å². The fourth-order valence-electron chi connectivity index (χ4n) is 2.73. The number of rotatable bonds is 5. The molecule has 1 aromatic carbocycles. The molecule has 0 unspecified atom stereocenters. The summed E-state index contributed by atoms with van der Waals surface area (Å²) in [5.74, 6) is 1.41. The van der Waals surface area contributed by atoms with Gasteiger partial charge in [-0.3, -0.25) is 0 Å². The van der Waals surface area contributed by atoms with Crippen molar-refractivity contribution in [3.63, 3.8) is 0 Å². The Kier molecular flexibility index (Phi) is 3.73. The quantitative estimate of drug-likeness (QED) is 0.753. The lowest BCUT2D eigenvalue weighted by molar-refractivity contribution is 0.414. The van der Waals surface area contributed by atoms with Gasteiger partial charge in [-0.2, -0.15) is 5.26 Å². The molecule has 0 aromatic heterocycles. The summed E-state index contributed by atoms with van der Waals surface area (Å²) >= 11 is 0. The number of nitrogens with zero attached hydrogens (tertiary/aromatic N) is 1. The molecule has 1 aliphatic carbocycles. The third-order valence-electron chi connectivity index (χ3n) is 4.15. The van der Waals surface area contributed by atoms with Crippen LogP contribution in [0.15, 0.2) is 24.3 Å². The predicted molar refractivity (Wildman–Crippen MR) is 81.2 cm³/mol. The number of hydrogen-bond acceptors (Lipinski definition) is 2. The molecule has 0 radical (unpaired) electrons. The molecule has 19 heavy (non-hydrogen) atoms. The zero-order valence-electron chi connectivity index (χ0n) is 12.4. The van der Waals surface area contributed by atoms with Gasteiger partial charge in [0, 0.05) is 8.07 Å². The van der Waals surface area contributed by atoms with Crippen LogP contribution in [0.3, 0.4) is 0 Å². The van der Waals surface area contributed by atoms with Crippen LogP contribution < -0.4 is 4.74 Å². The first kappa shape index (κ1) is 14.1. The second-order valence-corrected chi connectivity index (χ2v) is 12.4. The SMILES string of the molecule is COc1ccc([C@]2(C#N)C[C@@H]2CC[Si](C)(C)C)cc1. The van der Waals surface area contributed by atoms with Crippen molar-refractivity contribution in [3.8, 4) is 11.8 Å². The summed E-state index contributed by atoms with van der Waals surface area (Å²) in [4.78, 5) is 0. The minimum atomic E-state index is -1.00. The first-order chi connectivity index (χ1) is 8.91. The smallest absolute Gasteiger partial charge is 0.118 e. The Bertz CT molecular complexity index is 483. The van der Waals surface area contributed by atoms with E-state index in [4.69, 9.17) is 4.74 Å². The number of benzene rings is 1. The average Bonchev–Trinajstić information content (AvgIpc) is 3.11. The van der Waals surface area contributed by atoms with Gasteiger partial charge in [0.25, 0.3) is 0 Å². The summed E-state index contributed by atoms with van der Waals surface area (Å²) in [6, 6.07) is 11.9. The van der Waals surface area contributed by atoms with Crippen LogP contribution in [0.4, 0.5) is 0 Å². The predicted octanol–water partition coefficient (Wildman–Crippen LogP) is 4.20. The first-order valence-corrected chi connectivity index (χ1v) is 10.7. The molecular weight excluding hydrogens is 250 g/mol. The summed E-state index contributed by atoms with van der Waals surface area (Å²) in [6.45, 7) is 7.20. The molecule has 1 aromatic rings. The molecule has 0 amide bonds. The molecular formula is C16H23NOSi. The van der Waals surface area contributed by atoms with Crippen LogP contribution in [0.2, 0.25) is 25.7 Å². The van der Waals surface area contributed by atoms with Gasteiger partial charge in [0.05, 0.1) is 18.6 Å². The Labute approximate surface area is 117 Å². The Morgan fingerprint density at radius 2 is 1.95 bits per heavy atom. The molecule has 2 rings (SSSR count). The van der Waals surface area contributed by atoms with Gasteiger partial charge in [-0.25, -0.2) is 0 Å². The average molecular weight is 273 g/mol. The van der Waals surface area contributed by atoms with Crippen LogP contribution >= 0.6 is 0 Å². The Morgan fingerprint density at radius 1 is 1.32 bits per heavy atom. The summed E-state index contributed by atoms with van der Waals surface area (Å²) in [5, 5.41) is 9.57. The molecule has 0 saturated heterocycles. The Morgan fingerprint density at radius 3 is 2.42 bits per heavy atom. The summed E-state index contributed by atoms with van der Waals surface area (Å²) in [7, 11) is 0.669. The third kappa shape index (κ3) is 3.01. The third-order valence-corrected chi connectivity index (χ3v) is 5.94. The molecule has 2 atom stereocenters. The zero-order chi connectivity index (χ0) is 14.1. The van der Waals surface area contributed by atoms with E-state index in [0.717, 1.165) is 17.7 Å². The molecule has 0 heterocycles. The Hall–Kier alpha value is -1.27. The van der Waals surface area contributed by atoms with E-state index in [1.165, 1.54) is 12.5 Å². The maximum Gasteiger partial charge on any atom is 0.118 e. The van der Waals surface area contributed by atoms with E-state index in [9.17, 15) is 5.26 Å². The van der Waals surface area contributed by atoms with Crippen molar-refractivity contribution in [1.82, 2.24) is 0 Å². The van der Waals surface area contributed by atoms with Crippen molar-refractivity contribution >= 4 is 8.07 Å². The van der Waals surface area contributed by atoms with Crippen LogP contribution in [0.25, 0.3) is 0 Å². The molecule has 102 valence electrons. The standard InChI is InChI=1S/C16H23NOSi/c1-18-15-7-5-13(6-8-15)16(12-17)11-14(16)9-10-19(2,3)4/h5-8,14H,9-11H2,1-4H3/t14-,16+/m0/s1. The highest BCUT2D eigenvalue weighted by Gasteiger charge is 2.55. The van der Waals surface area contributed by atoms with Crippen molar-refractivity contribution < 1.29 is 4.74 Å². The van der Waals surface area contributed by atoms with Crippen molar-refractivity contribution in [2.75, 3.05) is 7.11 Å². The zero-order valence-corrected chi connectivity index (χ0v) is 13.4. The maximum absolute atomic E-state index is 9.57. The molecule has 0 aliphatic heterocycles. The van der Waals surface area contributed by atoms with Crippen molar-refractivity contribution in [2.24, 2.45) is 5.92 Å². The van der Waals surface area contributed by atoms with Crippen molar-refractivity contribution in [3.05, 3.63) is 29.8 Å². The monoisotopic (exact) mass is 273 g/mol. The van der Waals surface area contributed by atoms with Crippen LogP contribution in [-0.2, 0) is 5.41 Å². The molecule has 1 fully saturated rings. The molecule has 2 nitrogen and oxygen atoms in total. The fourth-order valence-corrected chi connectivity index (χ4v) is 3.94. The van der Waals surface area contributed by atoms with Gasteiger partial charge in [0.2, 0.25) is 0 Å². The molecule has 0 bridgehead atoms. The van der Waals surface area contributed by atoms with E-state index in [0.29, 0.717) is 5.92 Å². The van der Waals surface area contributed by atoms with E-state index in [1.54, 1.807) is 7.11 Å². The van der Waals surface area contributed by atoms with Gasteiger partial charge in [0.15, 0.2) is 0 Å². The molecule has 1 saturated carbocycles. The topological polar surface area (TPSA) is 33.0 Å². The van der Waals surface area contributed by atoms with Gasteiger partial charge in [0.1, 0.15) is 5.75 Å². The fraction of sp³-hybridized carbons (Fsp3) is 0.562. The molecule has 3 heteroatoms. The normalized spacial score (nSPS) is 25.7. The number of ether oxygens (including phenoxy) is 1. The highest BCUT2D eigenvalue weighted by Crippen LogP contribution is 2.56. The van der Waals surface area contributed by atoms with Gasteiger partial charge in [-0.05, 0) is 30.0 Å². The molecule has 0 N–H and O–H groups in total. The Balaban J connectivity index is 2.07. The van der Waals surface area contributed by atoms with Crippen molar-refractivity contribution in [2.45, 2.75) is 43.9 Å². The minimum Gasteiger partial charge on any atom is -0.497 e. The van der Waals surface area contributed by atoms with Crippen LogP contribution in [0, 0.1) is 17.2 Å².